The van der Waals surface area contributed by atoms with Crippen LogP contribution in [0.1, 0.15) is 20.3 Å². The summed E-state index contributed by atoms with van der Waals surface area (Å²) in [5, 5.41) is 2.85. The van der Waals surface area contributed by atoms with Gasteiger partial charge in [-0.2, -0.15) is 0 Å². The average Bonchev–Trinajstić information content (AvgIpc) is 2.40. The summed E-state index contributed by atoms with van der Waals surface area (Å²) >= 11 is 0. The lowest BCUT2D eigenvalue weighted by Gasteiger charge is -2.20. The number of likely N-dealkylation sites (N-methyl/N-ethyl adjacent to an activating group) is 1. The van der Waals surface area contributed by atoms with Crippen LogP contribution in [0.3, 0.4) is 0 Å². The van der Waals surface area contributed by atoms with E-state index in [1.165, 1.54) is 0 Å². The molecule has 0 saturated heterocycles. The molecule has 1 atom stereocenters. The number of nitrogens with two attached hydrogens (primary N) is 1. The number of benzene rings is 1. The van der Waals surface area contributed by atoms with E-state index in [-0.39, 0.29) is 5.91 Å². The second-order valence-corrected chi connectivity index (χ2v) is 5.22. The third-order valence-electron chi connectivity index (χ3n) is 3.23. The van der Waals surface area contributed by atoms with Gasteiger partial charge in [-0.15, -0.1) is 0 Å². The fraction of sp³-hybridized carbons (Fsp3) is 0.533. The van der Waals surface area contributed by atoms with Crippen LogP contribution in [-0.2, 0) is 4.79 Å². The van der Waals surface area contributed by atoms with Crippen LogP contribution in [0.5, 0.6) is 5.75 Å². The molecule has 112 valence electrons. The molecule has 0 heterocycles. The van der Waals surface area contributed by atoms with Gasteiger partial charge >= 0.3 is 0 Å². The van der Waals surface area contributed by atoms with Gasteiger partial charge in [0.2, 0.25) is 5.91 Å². The molecule has 1 rings (SSSR count). The molecule has 0 saturated carbocycles. The molecule has 0 aliphatic carbocycles. The number of nitrogens with one attached hydrogen (secondary N) is 1. The molecular weight excluding hydrogens is 254 g/mol. The standard InChI is InChI=1S/C15H25N3O2/c1-5-11(2)9-18(3)10-15(19)17-13-7-6-12(16)8-14(13)20-4/h6-8,11H,5,9-10,16H2,1-4H3,(H,17,19). The van der Waals surface area contributed by atoms with Crippen molar-refractivity contribution in [1.29, 1.82) is 0 Å². The summed E-state index contributed by atoms with van der Waals surface area (Å²) in [6.07, 6.45) is 1.11. The van der Waals surface area contributed by atoms with E-state index >= 15 is 0 Å². The van der Waals surface area contributed by atoms with Gasteiger partial charge in [-0.1, -0.05) is 20.3 Å². The van der Waals surface area contributed by atoms with Crippen LogP contribution < -0.4 is 15.8 Å². The summed E-state index contributed by atoms with van der Waals surface area (Å²) in [6, 6.07) is 5.18. The molecule has 0 aromatic heterocycles. The maximum absolute atomic E-state index is 12.0. The molecular formula is C15H25N3O2. The third-order valence-corrected chi connectivity index (χ3v) is 3.23. The number of methoxy groups -OCH3 is 1. The van der Waals surface area contributed by atoms with Crippen LogP contribution in [0.2, 0.25) is 0 Å². The molecule has 0 aliphatic heterocycles. The molecule has 0 fully saturated rings. The maximum atomic E-state index is 12.0. The molecule has 20 heavy (non-hydrogen) atoms. The normalized spacial score (nSPS) is 12.2. The van der Waals surface area contributed by atoms with Gasteiger partial charge in [-0.3, -0.25) is 9.69 Å². The van der Waals surface area contributed by atoms with Crippen molar-refractivity contribution in [2.75, 3.05) is 38.3 Å². The van der Waals surface area contributed by atoms with Crippen molar-refractivity contribution in [2.45, 2.75) is 20.3 Å². The number of carbonyl (C=O) groups excluding carboxylic acids is 1. The van der Waals surface area contributed by atoms with E-state index in [0.717, 1.165) is 13.0 Å². The quantitative estimate of drug-likeness (QED) is 0.751. The largest absolute Gasteiger partial charge is 0.494 e. The third kappa shape index (κ3) is 5.09. The highest BCUT2D eigenvalue weighted by molar-refractivity contribution is 5.94. The molecule has 5 nitrogen and oxygen atoms in total. The minimum atomic E-state index is -0.0566. The Morgan fingerprint density at radius 2 is 2.20 bits per heavy atom. The van der Waals surface area contributed by atoms with Crippen molar-refractivity contribution in [3.8, 4) is 5.75 Å². The molecule has 0 radical (unpaired) electrons. The Kier molecular flexibility index (Phi) is 6.31. The van der Waals surface area contributed by atoms with Crippen LogP contribution >= 0.6 is 0 Å². The first-order valence-corrected chi connectivity index (χ1v) is 6.88. The minimum Gasteiger partial charge on any atom is -0.494 e. The predicted octanol–water partition coefficient (Wildman–Crippen LogP) is 2.19. The first kappa shape index (κ1) is 16.3. The smallest absolute Gasteiger partial charge is 0.238 e. The average molecular weight is 279 g/mol. The van der Waals surface area contributed by atoms with Crippen LogP contribution in [0.15, 0.2) is 18.2 Å². The van der Waals surface area contributed by atoms with Gasteiger partial charge in [-0.05, 0) is 25.1 Å². The second kappa shape index (κ2) is 7.75. The highest BCUT2D eigenvalue weighted by atomic mass is 16.5. The molecule has 1 amide bonds. The van der Waals surface area contributed by atoms with E-state index in [0.29, 0.717) is 29.6 Å². The lowest BCUT2D eigenvalue weighted by molar-refractivity contribution is -0.117. The van der Waals surface area contributed by atoms with Gasteiger partial charge in [0.05, 0.1) is 19.3 Å². The zero-order valence-electron chi connectivity index (χ0n) is 12.8. The SMILES string of the molecule is CCC(C)CN(C)CC(=O)Nc1ccc(N)cc1OC. The first-order chi connectivity index (χ1) is 9.46. The Morgan fingerprint density at radius 3 is 2.80 bits per heavy atom. The van der Waals surface area contributed by atoms with Crippen LogP contribution in [0.4, 0.5) is 11.4 Å². The van der Waals surface area contributed by atoms with E-state index in [9.17, 15) is 4.79 Å². The Morgan fingerprint density at radius 1 is 1.50 bits per heavy atom. The topological polar surface area (TPSA) is 67.6 Å². The summed E-state index contributed by atoms with van der Waals surface area (Å²) in [6.45, 7) is 5.59. The number of rotatable bonds is 7. The highest BCUT2D eigenvalue weighted by Gasteiger charge is 2.11. The number of hydrogen-bond donors (Lipinski definition) is 2. The fourth-order valence-corrected chi connectivity index (χ4v) is 1.97. The number of hydrogen-bond acceptors (Lipinski definition) is 4. The zero-order chi connectivity index (χ0) is 15.1. The highest BCUT2D eigenvalue weighted by Crippen LogP contribution is 2.26. The summed E-state index contributed by atoms with van der Waals surface area (Å²) in [5.41, 5.74) is 6.93. The Labute approximate surface area is 121 Å². The molecule has 3 N–H and O–H groups in total. The summed E-state index contributed by atoms with van der Waals surface area (Å²) in [4.78, 5) is 14.0. The lowest BCUT2D eigenvalue weighted by atomic mass is 10.1. The number of nitrogen functional groups attached to an aromatic ring is 1. The number of carbonyl (C=O) groups is 1. The van der Waals surface area contributed by atoms with Gasteiger partial charge in [0.15, 0.2) is 0 Å². The number of ether oxygens (including phenoxy) is 1. The van der Waals surface area contributed by atoms with Gasteiger partial charge in [0.25, 0.3) is 0 Å². The van der Waals surface area contributed by atoms with Crippen molar-refractivity contribution < 1.29 is 9.53 Å². The van der Waals surface area contributed by atoms with E-state index < -0.39 is 0 Å². The van der Waals surface area contributed by atoms with Crippen LogP contribution in [0.25, 0.3) is 0 Å². The molecule has 1 aromatic rings. The molecule has 0 bridgehead atoms. The number of amides is 1. The van der Waals surface area contributed by atoms with Gasteiger partial charge in [0.1, 0.15) is 5.75 Å². The molecule has 1 unspecified atom stereocenters. The van der Waals surface area contributed by atoms with Gasteiger partial charge in [-0.25, -0.2) is 0 Å². The lowest BCUT2D eigenvalue weighted by Crippen LogP contribution is -2.33. The predicted molar refractivity (Wildman–Crippen MR) is 83.0 cm³/mol. The summed E-state index contributed by atoms with van der Waals surface area (Å²) in [7, 11) is 3.51. The van der Waals surface area contributed by atoms with E-state index in [4.69, 9.17) is 10.5 Å². The minimum absolute atomic E-state index is 0.0566. The Hall–Kier alpha value is -1.75. The molecule has 0 aliphatic rings. The van der Waals surface area contributed by atoms with Crippen molar-refractivity contribution in [1.82, 2.24) is 4.90 Å². The van der Waals surface area contributed by atoms with E-state index in [2.05, 4.69) is 19.2 Å². The zero-order valence-corrected chi connectivity index (χ0v) is 12.8. The summed E-state index contributed by atoms with van der Waals surface area (Å²) < 4.78 is 5.21. The van der Waals surface area contributed by atoms with Gasteiger partial charge < -0.3 is 15.8 Å². The Bertz CT molecular complexity index is 449. The first-order valence-electron chi connectivity index (χ1n) is 6.88. The summed E-state index contributed by atoms with van der Waals surface area (Å²) in [5.74, 6) is 1.10. The molecule has 1 aromatic carbocycles. The van der Waals surface area contributed by atoms with Gasteiger partial charge in [0, 0.05) is 18.3 Å². The van der Waals surface area contributed by atoms with Crippen molar-refractivity contribution in [3.63, 3.8) is 0 Å². The van der Waals surface area contributed by atoms with Crippen molar-refractivity contribution in [2.24, 2.45) is 5.92 Å². The van der Waals surface area contributed by atoms with Crippen molar-refractivity contribution in [3.05, 3.63) is 18.2 Å². The maximum Gasteiger partial charge on any atom is 0.238 e. The number of anilines is 2. The molecule has 0 spiro atoms. The van der Waals surface area contributed by atoms with Crippen LogP contribution in [-0.4, -0.2) is 38.1 Å². The van der Waals surface area contributed by atoms with Crippen LogP contribution in [0, 0.1) is 5.92 Å². The number of nitrogens with zero attached hydrogens (tertiary/aromatic N) is 1. The molecule has 5 heteroatoms. The van der Waals surface area contributed by atoms with E-state index in [1.807, 2.05) is 11.9 Å². The fourth-order valence-electron chi connectivity index (χ4n) is 1.97. The second-order valence-electron chi connectivity index (χ2n) is 5.22. The van der Waals surface area contributed by atoms with Crippen molar-refractivity contribution >= 4 is 17.3 Å². The van der Waals surface area contributed by atoms with E-state index in [1.54, 1.807) is 25.3 Å². The Balaban J connectivity index is 2.58. The monoisotopic (exact) mass is 279 g/mol.